The minimum atomic E-state index is -2.87. The largest absolute Gasteiger partial charge is 0.435 e. The van der Waals surface area contributed by atoms with E-state index >= 15 is 0 Å². The van der Waals surface area contributed by atoms with Gasteiger partial charge in [-0.15, -0.1) is 0 Å². The third-order valence-corrected chi connectivity index (χ3v) is 2.34. The summed E-state index contributed by atoms with van der Waals surface area (Å²) in [7, 11) is 0. The molecule has 0 bridgehead atoms. The average molecular weight is 239 g/mol. The summed E-state index contributed by atoms with van der Waals surface area (Å²) in [4.78, 5) is 2.82. The summed E-state index contributed by atoms with van der Waals surface area (Å²) in [5.74, 6) is 0.0343. The number of ether oxygens (including phenoxy) is 1. The molecule has 17 heavy (non-hydrogen) atoms. The molecule has 90 valence electrons. The fourth-order valence-corrected chi connectivity index (χ4v) is 1.56. The number of nitrogens with one attached hydrogen (secondary N) is 1. The van der Waals surface area contributed by atoms with Crippen LogP contribution in [0.4, 0.5) is 8.78 Å². The Morgan fingerprint density at radius 2 is 2.00 bits per heavy atom. The second-order valence-corrected chi connectivity index (χ2v) is 3.50. The van der Waals surface area contributed by atoms with Gasteiger partial charge in [-0.3, -0.25) is 0 Å². The molecule has 3 nitrogen and oxygen atoms in total. The molecular formula is C12H11F2NO2. The molecule has 2 aromatic rings. The van der Waals surface area contributed by atoms with Crippen molar-refractivity contribution in [1.82, 2.24) is 4.98 Å². The Bertz CT molecular complexity index is 471. The third-order valence-electron chi connectivity index (χ3n) is 2.34. The van der Waals surface area contributed by atoms with Crippen LogP contribution in [-0.4, -0.2) is 16.7 Å². The predicted octanol–water partition coefficient (Wildman–Crippen LogP) is 2.70. The summed E-state index contributed by atoms with van der Waals surface area (Å²) in [5, 5.41) is 9.98. The Hall–Kier alpha value is -1.88. The minimum Gasteiger partial charge on any atom is -0.435 e. The topological polar surface area (TPSA) is 45.2 Å². The van der Waals surface area contributed by atoms with E-state index in [0.717, 1.165) is 0 Å². The maximum atomic E-state index is 12.0. The monoisotopic (exact) mass is 239 g/mol. The van der Waals surface area contributed by atoms with Gasteiger partial charge in [0.1, 0.15) is 11.9 Å². The molecule has 2 rings (SSSR count). The van der Waals surface area contributed by atoms with Crippen molar-refractivity contribution in [2.75, 3.05) is 0 Å². The van der Waals surface area contributed by atoms with Crippen LogP contribution in [0.25, 0.3) is 0 Å². The fourth-order valence-electron chi connectivity index (χ4n) is 1.56. The number of benzene rings is 1. The normalized spacial score (nSPS) is 12.7. The zero-order chi connectivity index (χ0) is 12.3. The number of aliphatic hydroxyl groups excluding tert-OH is 1. The van der Waals surface area contributed by atoms with Gasteiger partial charge in [0.15, 0.2) is 0 Å². The third kappa shape index (κ3) is 2.82. The highest BCUT2D eigenvalue weighted by Crippen LogP contribution is 2.25. The quantitative estimate of drug-likeness (QED) is 0.861. The Morgan fingerprint density at radius 1 is 1.18 bits per heavy atom. The van der Waals surface area contributed by atoms with Crippen LogP contribution in [0.2, 0.25) is 0 Å². The Kier molecular flexibility index (Phi) is 3.39. The van der Waals surface area contributed by atoms with E-state index in [9.17, 15) is 13.9 Å². The highest BCUT2D eigenvalue weighted by atomic mass is 19.3. The van der Waals surface area contributed by atoms with Gasteiger partial charge >= 0.3 is 6.61 Å². The highest BCUT2D eigenvalue weighted by Gasteiger charge is 2.12. The first-order valence-corrected chi connectivity index (χ1v) is 5.02. The van der Waals surface area contributed by atoms with E-state index in [1.54, 1.807) is 30.6 Å². The van der Waals surface area contributed by atoms with Crippen molar-refractivity contribution >= 4 is 0 Å². The molecule has 0 saturated carbocycles. The first-order valence-electron chi connectivity index (χ1n) is 5.02. The van der Waals surface area contributed by atoms with Gasteiger partial charge < -0.3 is 14.8 Å². The second-order valence-electron chi connectivity index (χ2n) is 3.50. The Balaban J connectivity index is 2.21. The zero-order valence-electron chi connectivity index (χ0n) is 8.81. The molecule has 0 aliphatic rings. The van der Waals surface area contributed by atoms with Gasteiger partial charge in [0.25, 0.3) is 0 Å². The van der Waals surface area contributed by atoms with Crippen molar-refractivity contribution in [3.8, 4) is 5.75 Å². The van der Waals surface area contributed by atoms with Crippen molar-refractivity contribution in [1.29, 1.82) is 0 Å². The van der Waals surface area contributed by atoms with Crippen molar-refractivity contribution in [3.63, 3.8) is 0 Å². The van der Waals surface area contributed by atoms with Crippen LogP contribution < -0.4 is 4.74 Å². The number of aliphatic hydroxyl groups is 1. The molecular weight excluding hydrogens is 228 g/mol. The smallest absolute Gasteiger partial charge is 0.387 e. The Morgan fingerprint density at radius 3 is 2.65 bits per heavy atom. The molecule has 2 N–H and O–H groups in total. The van der Waals surface area contributed by atoms with Gasteiger partial charge in [0, 0.05) is 18.0 Å². The molecule has 0 aliphatic carbocycles. The van der Waals surface area contributed by atoms with Gasteiger partial charge in [-0.25, -0.2) is 0 Å². The van der Waals surface area contributed by atoms with E-state index in [1.165, 1.54) is 12.1 Å². The van der Waals surface area contributed by atoms with Crippen molar-refractivity contribution in [3.05, 3.63) is 53.9 Å². The van der Waals surface area contributed by atoms with E-state index in [0.29, 0.717) is 11.1 Å². The first kappa shape index (κ1) is 11.6. The summed E-state index contributed by atoms with van der Waals surface area (Å²) in [6.45, 7) is -2.87. The number of hydrogen-bond donors (Lipinski definition) is 2. The number of aromatic nitrogens is 1. The van der Waals surface area contributed by atoms with Crippen LogP contribution in [-0.2, 0) is 0 Å². The molecule has 0 fully saturated rings. The van der Waals surface area contributed by atoms with E-state index in [2.05, 4.69) is 9.72 Å². The van der Waals surface area contributed by atoms with Crippen LogP contribution in [0, 0.1) is 0 Å². The van der Waals surface area contributed by atoms with Crippen LogP contribution >= 0.6 is 0 Å². The summed E-state index contributed by atoms with van der Waals surface area (Å²) in [5.41, 5.74) is 1.17. The molecule has 1 atom stereocenters. The van der Waals surface area contributed by atoms with E-state index in [-0.39, 0.29) is 5.75 Å². The van der Waals surface area contributed by atoms with Crippen molar-refractivity contribution in [2.24, 2.45) is 0 Å². The molecule has 1 aromatic heterocycles. The lowest BCUT2D eigenvalue weighted by Gasteiger charge is -2.11. The lowest BCUT2D eigenvalue weighted by Crippen LogP contribution is -2.03. The molecule has 0 radical (unpaired) electrons. The van der Waals surface area contributed by atoms with Crippen molar-refractivity contribution in [2.45, 2.75) is 12.7 Å². The SMILES string of the molecule is OC(c1cc[nH]c1)c1cccc(OC(F)F)c1. The van der Waals surface area contributed by atoms with Crippen LogP contribution in [0.1, 0.15) is 17.2 Å². The summed E-state index contributed by atoms with van der Waals surface area (Å²) < 4.78 is 28.3. The van der Waals surface area contributed by atoms with Crippen LogP contribution in [0.3, 0.4) is 0 Å². The first-order chi connectivity index (χ1) is 8.16. The van der Waals surface area contributed by atoms with Gasteiger partial charge in [0.2, 0.25) is 0 Å². The number of halogens is 2. The van der Waals surface area contributed by atoms with Crippen molar-refractivity contribution < 1.29 is 18.6 Å². The van der Waals surface area contributed by atoms with E-state index in [4.69, 9.17) is 0 Å². The van der Waals surface area contributed by atoms with Crippen LogP contribution in [0.15, 0.2) is 42.7 Å². The molecule has 5 heteroatoms. The van der Waals surface area contributed by atoms with E-state index in [1.807, 2.05) is 0 Å². The van der Waals surface area contributed by atoms with Gasteiger partial charge in [-0.05, 0) is 23.8 Å². The average Bonchev–Trinajstić information content (AvgIpc) is 2.81. The van der Waals surface area contributed by atoms with E-state index < -0.39 is 12.7 Å². The molecule has 0 amide bonds. The van der Waals surface area contributed by atoms with Gasteiger partial charge in [-0.1, -0.05) is 12.1 Å². The maximum Gasteiger partial charge on any atom is 0.387 e. The second kappa shape index (κ2) is 4.97. The zero-order valence-corrected chi connectivity index (χ0v) is 8.81. The Labute approximate surface area is 96.7 Å². The summed E-state index contributed by atoms with van der Waals surface area (Å²) in [6.07, 6.45) is 2.46. The lowest BCUT2D eigenvalue weighted by molar-refractivity contribution is -0.0499. The number of aromatic amines is 1. The fraction of sp³-hybridized carbons (Fsp3) is 0.167. The van der Waals surface area contributed by atoms with Gasteiger partial charge in [-0.2, -0.15) is 8.78 Å². The maximum absolute atomic E-state index is 12.0. The number of H-pyrrole nitrogens is 1. The molecule has 1 unspecified atom stereocenters. The highest BCUT2D eigenvalue weighted by molar-refractivity contribution is 5.34. The molecule has 0 aliphatic heterocycles. The van der Waals surface area contributed by atoms with Gasteiger partial charge in [0.05, 0.1) is 0 Å². The number of rotatable bonds is 4. The molecule has 0 spiro atoms. The lowest BCUT2D eigenvalue weighted by atomic mass is 10.0. The number of alkyl halides is 2. The minimum absolute atomic E-state index is 0.0343. The summed E-state index contributed by atoms with van der Waals surface area (Å²) in [6, 6.07) is 7.73. The standard InChI is InChI=1S/C12H11F2NO2/c13-12(14)17-10-3-1-2-8(6-10)11(16)9-4-5-15-7-9/h1-7,11-12,15-16H. The predicted molar refractivity (Wildman–Crippen MR) is 57.9 cm³/mol. The van der Waals surface area contributed by atoms with Crippen LogP contribution in [0.5, 0.6) is 5.75 Å². The molecule has 0 saturated heterocycles. The summed E-state index contributed by atoms with van der Waals surface area (Å²) >= 11 is 0. The molecule has 1 aromatic carbocycles. The molecule has 1 heterocycles. The number of hydrogen-bond acceptors (Lipinski definition) is 2.